The summed E-state index contributed by atoms with van der Waals surface area (Å²) < 4.78 is 2.06. The molecule has 3 nitrogen and oxygen atoms in total. The van der Waals surface area contributed by atoms with Crippen molar-refractivity contribution >= 4 is 0 Å². The number of aryl methyl sites for hydroxylation is 1. The predicted octanol–water partition coefficient (Wildman–Crippen LogP) is 2.51. The maximum Gasteiger partial charge on any atom is 0.0994 e. The topological polar surface area (TPSA) is 43.8 Å². The molecule has 2 aromatic rings. The second-order valence-corrected chi connectivity index (χ2v) is 4.20. The molecule has 1 heterocycles. The summed E-state index contributed by atoms with van der Waals surface area (Å²) in [5.74, 6) is 0. The minimum atomic E-state index is -0.0117. The van der Waals surface area contributed by atoms with Gasteiger partial charge in [0, 0.05) is 11.7 Å². The van der Waals surface area contributed by atoms with Crippen LogP contribution in [0, 0.1) is 13.8 Å². The molecule has 1 unspecified atom stereocenters. The van der Waals surface area contributed by atoms with Crippen molar-refractivity contribution < 1.29 is 0 Å². The van der Waals surface area contributed by atoms with E-state index in [0.29, 0.717) is 0 Å². The van der Waals surface area contributed by atoms with E-state index in [1.165, 1.54) is 11.1 Å². The SMILES string of the molecule is Cc1cccc(-n2cncc2C(C)N)c1C. The summed E-state index contributed by atoms with van der Waals surface area (Å²) >= 11 is 0. The second-order valence-electron chi connectivity index (χ2n) is 4.20. The summed E-state index contributed by atoms with van der Waals surface area (Å²) in [5, 5.41) is 0. The Morgan fingerprint density at radius 3 is 2.75 bits per heavy atom. The molecule has 0 aliphatic heterocycles. The summed E-state index contributed by atoms with van der Waals surface area (Å²) in [5.41, 5.74) is 10.7. The molecule has 0 fully saturated rings. The zero-order chi connectivity index (χ0) is 11.7. The molecule has 0 saturated carbocycles. The third-order valence-corrected chi connectivity index (χ3v) is 2.97. The van der Waals surface area contributed by atoms with Crippen LogP contribution in [0.5, 0.6) is 0 Å². The molecule has 0 aliphatic carbocycles. The van der Waals surface area contributed by atoms with Crippen LogP contribution in [0.1, 0.15) is 29.8 Å². The largest absolute Gasteiger partial charge is 0.323 e. The van der Waals surface area contributed by atoms with Crippen LogP contribution >= 0.6 is 0 Å². The van der Waals surface area contributed by atoms with Crippen LogP contribution in [0.4, 0.5) is 0 Å². The molecule has 84 valence electrons. The van der Waals surface area contributed by atoms with Gasteiger partial charge in [0.25, 0.3) is 0 Å². The van der Waals surface area contributed by atoms with Crippen molar-refractivity contribution in [3.05, 3.63) is 47.5 Å². The summed E-state index contributed by atoms with van der Waals surface area (Å²) in [7, 11) is 0. The van der Waals surface area contributed by atoms with Gasteiger partial charge in [0.2, 0.25) is 0 Å². The van der Waals surface area contributed by atoms with Crippen molar-refractivity contribution in [1.29, 1.82) is 0 Å². The number of hydrogen-bond acceptors (Lipinski definition) is 2. The lowest BCUT2D eigenvalue weighted by Crippen LogP contribution is -2.11. The number of nitrogens with two attached hydrogens (primary N) is 1. The van der Waals surface area contributed by atoms with E-state index >= 15 is 0 Å². The Balaban J connectivity index is 2.59. The van der Waals surface area contributed by atoms with Crippen LogP contribution in [0.3, 0.4) is 0 Å². The molecule has 1 atom stereocenters. The molecule has 1 aromatic carbocycles. The zero-order valence-electron chi connectivity index (χ0n) is 9.94. The maximum atomic E-state index is 5.92. The number of rotatable bonds is 2. The van der Waals surface area contributed by atoms with Crippen molar-refractivity contribution in [3.8, 4) is 5.69 Å². The molecule has 0 amide bonds. The molecule has 0 radical (unpaired) electrons. The third kappa shape index (κ3) is 1.74. The number of hydrogen-bond donors (Lipinski definition) is 1. The third-order valence-electron chi connectivity index (χ3n) is 2.97. The highest BCUT2D eigenvalue weighted by molar-refractivity contribution is 5.45. The molecular formula is C13H17N3. The van der Waals surface area contributed by atoms with Gasteiger partial charge in [-0.1, -0.05) is 12.1 Å². The van der Waals surface area contributed by atoms with E-state index in [2.05, 4.69) is 41.6 Å². The van der Waals surface area contributed by atoms with Gasteiger partial charge in [0.1, 0.15) is 0 Å². The van der Waals surface area contributed by atoms with Gasteiger partial charge in [-0.15, -0.1) is 0 Å². The van der Waals surface area contributed by atoms with Crippen molar-refractivity contribution in [2.75, 3.05) is 0 Å². The Morgan fingerprint density at radius 2 is 2.06 bits per heavy atom. The van der Waals surface area contributed by atoms with Gasteiger partial charge in [0.05, 0.1) is 18.2 Å². The van der Waals surface area contributed by atoms with E-state index in [-0.39, 0.29) is 6.04 Å². The Hall–Kier alpha value is -1.61. The first-order chi connectivity index (χ1) is 7.61. The Kier molecular flexibility index (Phi) is 2.79. The van der Waals surface area contributed by atoms with Crippen LogP contribution in [-0.4, -0.2) is 9.55 Å². The average Bonchev–Trinajstić information content (AvgIpc) is 2.70. The van der Waals surface area contributed by atoms with Crippen LogP contribution < -0.4 is 5.73 Å². The fraction of sp³-hybridized carbons (Fsp3) is 0.308. The first kappa shape index (κ1) is 10.9. The van der Waals surface area contributed by atoms with Gasteiger partial charge >= 0.3 is 0 Å². The Morgan fingerprint density at radius 1 is 1.31 bits per heavy atom. The monoisotopic (exact) mass is 215 g/mol. The van der Waals surface area contributed by atoms with E-state index in [0.717, 1.165) is 11.4 Å². The normalized spacial score (nSPS) is 12.8. The molecule has 0 spiro atoms. The summed E-state index contributed by atoms with van der Waals surface area (Å²) in [6, 6.07) is 6.25. The van der Waals surface area contributed by atoms with Gasteiger partial charge in [-0.3, -0.25) is 0 Å². The second kappa shape index (κ2) is 4.10. The Bertz CT molecular complexity index is 498. The lowest BCUT2D eigenvalue weighted by atomic mass is 10.1. The van der Waals surface area contributed by atoms with Crippen LogP contribution in [0.15, 0.2) is 30.7 Å². The maximum absolute atomic E-state index is 5.92. The molecule has 2 rings (SSSR count). The van der Waals surface area contributed by atoms with Crippen LogP contribution in [0.25, 0.3) is 5.69 Å². The quantitative estimate of drug-likeness (QED) is 0.836. The number of nitrogens with zero attached hydrogens (tertiary/aromatic N) is 2. The number of benzene rings is 1. The number of aromatic nitrogens is 2. The minimum Gasteiger partial charge on any atom is -0.323 e. The lowest BCUT2D eigenvalue weighted by molar-refractivity contribution is 0.751. The van der Waals surface area contributed by atoms with E-state index in [1.807, 2.05) is 19.4 Å². The molecule has 3 heteroatoms. The standard InChI is InChI=1S/C13H17N3/c1-9-5-4-6-12(10(9)2)16-8-15-7-13(16)11(3)14/h4-8,11H,14H2,1-3H3. The van der Waals surface area contributed by atoms with Gasteiger partial charge in [-0.05, 0) is 38.0 Å². The van der Waals surface area contributed by atoms with Crippen molar-refractivity contribution in [2.45, 2.75) is 26.8 Å². The van der Waals surface area contributed by atoms with Crippen molar-refractivity contribution in [3.63, 3.8) is 0 Å². The highest BCUT2D eigenvalue weighted by atomic mass is 15.1. The van der Waals surface area contributed by atoms with Gasteiger partial charge < -0.3 is 10.3 Å². The molecule has 0 saturated heterocycles. The van der Waals surface area contributed by atoms with Gasteiger partial charge in [-0.2, -0.15) is 0 Å². The van der Waals surface area contributed by atoms with E-state index < -0.39 is 0 Å². The zero-order valence-corrected chi connectivity index (χ0v) is 9.94. The van der Waals surface area contributed by atoms with E-state index in [9.17, 15) is 0 Å². The smallest absolute Gasteiger partial charge is 0.0994 e. The highest BCUT2D eigenvalue weighted by Gasteiger charge is 2.10. The summed E-state index contributed by atoms with van der Waals surface area (Å²) in [4.78, 5) is 4.17. The fourth-order valence-electron chi connectivity index (χ4n) is 1.84. The molecule has 0 bridgehead atoms. The molecule has 16 heavy (non-hydrogen) atoms. The number of imidazole rings is 1. The molecule has 2 N–H and O–H groups in total. The fourth-order valence-corrected chi connectivity index (χ4v) is 1.84. The molecular weight excluding hydrogens is 198 g/mol. The van der Waals surface area contributed by atoms with E-state index in [1.54, 1.807) is 0 Å². The Labute approximate surface area is 95.9 Å². The van der Waals surface area contributed by atoms with Gasteiger partial charge in [-0.25, -0.2) is 4.98 Å². The first-order valence-electron chi connectivity index (χ1n) is 5.45. The van der Waals surface area contributed by atoms with Crippen LogP contribution in [0.2, 0.25) is 0 Å². The minimum absolute atomic E-state index is 0.0117. The van der Waals surface area contributed by atoms with Crippen molar-refractivity contribution in [1.82, 2.24) is 9.55 Å². The van der Waals surface area contributed by atoms with Gasteiger partial charge in [0.15, 0.2) is 0 Å². The summed E-state index contributed by atoms with van der Waals surface area (Å²) in [6.07, 6.45) is 3.65. The average molecular weight is 215 g/mol. The summed E-state index contributed by atoms with van der Waals surface area (Å²) in [6.45, 7) is 6.20. The molecule has 1 aromatic heterocycles. The molecule has 0 aliphatic rings. The lowest BCUT2D eigenvalue weighted by Gasteiger charge is -2.14. The first-order valence-corrected chi connectivity index (χ1v) is 5.45. The van der Waals surface area contributed by atoms with Crippen molar-refractivity contribution in [2.24, 2.45) is 5.73 Å². The highest BCUT2D eigenvalue weighted by Crippen LogP contribution is 2.21. The van der Waals surface area contributed by atoms with E-state index in [4.69, 9.17) is 5.73 Å². The van der Waals surface area contributed by atoms with Crippen LogP contribution in [-0.2, 0) is 0 Å². The predicted molar refractivity (Wildman–Crippen MR) is 65.6 cm³/mol.